The fraction of sp³-hybridized carbons (Fsp3) is 0.500. The third kappa shape index (κ3) is 4.50. The number of aryl methyl sites for hydroxylation is 1. The number of hydrogen-bond acceptors (Lipinski definition) is 1. The maximum atomic E-state index is 11.8. The summed E-state index contributed by atoms with van der Waals surface area (Å²) in [4.78, 5) is 11.8. The Morgan fingerprint density at radius 1 is 1.41 bits per heavy atom. The van der Waals surface area contributed by atoms with Crippen LogP contribution in [-0.4, -0.2) is 5.91 Å². The lowest BCUT2D eigenvalue weighted by Crippen LogP contribution is -2.15. The van der Waals surface area contributed by atoms with Crippen LogP contribution in [0.2, 0.25) is 0 Å². The van der Waals surface area contributed by atoms with Crippen molar-refractivity contribution in [3.63, 3.8) is 0 Å². The Morgan fingerprint density at radius 3 is 2.71 bits per heavy atom. The largest absolute Gasteiger partial charge is 0.326 e. The molecule has 94 valence electrons. The van der Waals surface area contributed by atoms with Gasteiger partial charge in [-0.3, -0.25) is 4.79 Å². The second-order valence-corrected chi connectivity index (χ2v) is 5.34. The molecule has 0 saturated heterocycles. The van der Waals surface area contributed by atoms with Gasteiger partial charge in [0.2, 0.25) is 5.91 Å². The highest BCUT2D eigenvalue weighted by molar-refractivity contribution is 9.10. The second kappa shape index (κ2) is 6.80. The zero-order valence-electron chi connectivity index (χ0n) is 10.7. The molecule has 1 N–H and O–H groups in total. The minimum absolute atomic E-state index is 0.108. The van der Waals surface area contributed by atoms with E-state index in [0.717, 1.165) is 28.6 Å². The van der Waals surface area contributed by atoms with E-state index in [1.807, 2.05) is 12.1 Å². The van der Waals surface area contributed by atoms with E-state index < -0.39 is 0 Å². The van der Waals surface area contributed by atoms with Crippen molar-refractivity contribution in [1.82, 2.24) is 0 Å². The van der Waals surface area contributed by atoms with Gasteiger partial charge in [0.05, 0.1) is 0 Å². The predicted octanol–water partition coefficient (Wildman–Crippen LogP) is 4.39. The third-order valence-corrected chi connectivity index (χ3v) is 3.45. The number of amides is 1. The summed E-state index contributed by atoms with van der Waals surface area (Å²) >= 11 is 3.44. The van der Waals surface area contributed by atoms with Gasteiger partial charge >= 0.3 is 0 Å². The van der Waals surface area contributed by atoms with Crippen LogP contribution < -0.4 is 5.32 Å². The topological polar surface area (TPSA) is 29.1 Å². The van der Waals surface area contributed by atoms with Gasteiger partial charge in [0.25, 0.3) is 0 Å². The summed E-state index contributed by atoms with van der Waals surface area (Å²) in [5.41, 5.74) is 2.10. The van der Waals surface area contributed by atoms with Gasteiger partial charge < -0.3 is 5.32 Å². The Balaban J connectivity index is 2.71. The first kappa shape index (κ1) is 14.2. The summed E-state index contributed by atoms with van der Waals surface area (Å²) in [5, 5.41) is 2.99. The van der Waals surface area contributed by atoms with Crippen molar-refractivity contribution in [2.75, 3.05) is 5.32 Å². The lowest BCUT2D eigenvalue weighted by Gasteiger charge is -2.12. The number of hydrogen-bond donors (Lipinski definition) is 1. The van der Waals surface area contributed by atoms with Gasteiger partial charge in [0.1, 0.15) is 0 Å². The van der Waals surface area contributed by atoms with Crippen molar-refractivity contribution < 1.29 is 4.79 Å². The standard InChI is InChI=1S/C14H20BrNO/c1-4-10(3)8-14(17)16-13-7-6-12(15)9-11(13)5-2/h6-7,9-10H,4-5,8H2,1-3H3,(H,16,17). The van der Waals surface area contributed by atoms with Crippen molar-refractivity contribution in [3.8, 4) is 0 Å². The van der Waals surface area contributed by atoms with Gasteiger partial charge in [-0.25, -0.2) is 0 Å². The first-order valence-electron chi connectivity index (χ1n) is 6.15. The molecule has 3 heteroatoms. The van der Waals surface area contributed by atoms with Crippen LogP contribution in [0.4, 0.5) is 5.69 Å². The fourth-order valence-electron chi connectivity index (χ4n) is 1.64. The molecule has 1 aromatic rings. The van der Waals surface area contributed by atoms with Gasteiger partial charge in [-0.2, -0.15) is 0 Å². The van der Waals surface area contributed by atoms with E-state index in [-0.39, 0.29) is 5.91 Å². The Kier molecular flexibility index (Phi) is 5.69. The number of rotatable bonds is 5. The van der Waals surface area contributed by atoms with Gasteiger partial charge in [0.15, 0.2) is 0 Å². The summed E-state index contributed by atoms with van der Waals surface area (Å²) in [6.45, 7) is 6.29. The smallest absolute Gasteiger partial charge is 0.224 e. The van der Waals surface area contributed by atoms with E-state index >= 15 is 0 Å². The van der Waals surface area contributed by atoms with Crippen LogP contribution in [0.15, 0.2) is 22.7 Å². The number of benzene rings is 1. The normalized spacial score (nSPS) is 12.2. The van der Waals surface area contributed by atoms with Gasteiger partial charge in [-0.05, 0) is 36.1 Å². The van der Waals surface area contributed by atoms with Gasteiger partial charge in [-0.15, -0.1) is 0 Å². The van der Waals surface area contributed by atoms with Crippen molar-refractivity contribution in [3.05, 3.63) is 28.2 Å². The van der Waals surface area contributed by atoms with E-state index in [0.29, 0.717) is 12.3 Å². The van der Waals surface area contributed by atoms with Crippen molar-refractivity contribution in [2.45, 2.75) is 40.0 Å². The summed E-state index contributed by atoms with van der Waals surface area (Å²) in [5.74, 6) is 0.548. The Bertz CT molecular complexity index is 390. The summed E-state index contributed by atoms with van der Waals surface area (Å²) in [7, 11) is 0. The molecule has 0 aliphatic carbocycles. The van der Waals surface area contributed by atoms with Crippen LogP contribution in [0, 0.1) is 5.92 Å². The minimum atomic E-state index is 0.108. The molecule has 1 rings (SSSR count). The summed E-state index contributed by atoms with van der Waals surface area (Å²) in [6, 6.07) is 5.97. The van der Waals surface area contributed by atoms with Crippen LogP contribution >= 0.6 is 15.9 Å². The minimum Gasteiger partial charge on any atom is -0.326 e. The average molecular weight is 298 g/mol. The van der Waals surface area contributed by atoms with Crippen LogP contribution in [0.25, 0.3) is 0 Å². The molecule has 1 atom stereocenters. The van der Waals surface area contributed by atoms with Crippen molar-refractivity contribution >= 4 is 27.5 Å². The number of halogens is 1. The Labute approximate surface area is 112 Å². The second-order valence-electron chi connectivity index (χ2n) is 4.42. The molecule has 1 aromatic carbocycles. The summed E-state index contributed by atoms with van der Waals surface area (Å²) < 4.78 is 1.05. The predicted molar refractivity (Wildman–Crippen MR) is 76.2 cm³/mol. The molecule has 0 fully saturated rings. The number of carbonyl (C=O) groups excluding carboxylic acids is 1. The molecule has 0 bridgehead atoms. The molecule has 0 spiro atoms. The molecule has 0 aromatic heterocycles. The maximum Gasteiger partial charge on any atom is 0.224 e. The van der Waals surface area contributed by atoms with Crippen LogP contribution in [-0.2, 0) is 11.2 Å². The molecule has 1 amide bonds. The highest BCUT2D eigenvalue weighted by atomic mass is 79.9. The molecule has 17 heavy (non-hydrogen) atoms. The molecule has 0 saturated carbocycles. The molecular weight excluding hydrogens is 278 g/mol. The molecule has 0 radical (unpaired) electrons. The van der Waals surface area contributed by atoms with E-state index in [2.05, 4.69) is 48.1 Å². The zero-order chi connectivity index (χ0) is 12.8. The van der Waals surface area contributed by atoms with Crippen molar-refractivity contribution in [1.29, 1.82) is 0 Å². The van der Waals surface area contributed by atoms with Crippen LogP contribution in [0.1, 0.15) is 39.2 Å². The van der Waals surface area contributed by atoms with Crippen LogP contribution in [0.3, 0.4) is 0 Å². The molecule has 0 aliphatic rings. The first-order valence-corrected chi connectivity index (χ1v) is 6.94. The lowest BCUT2D eigenvalue weighted by atomic mass is 10.0. The third-order valence-electron chi connectivity index (χ3n) is 2.95. The zero-order valence-corrected chi connectivity index (χ0v) is 12.3. The van der Waals surface area contributed by atoms with E-state index in [9.17, 15) is 4.79 Å². The van der Waals surface area contributed by atoms with Crippen molar-refractivity contribution in [2.24, 2.45) is 5.92 Å². The lowest BCUT2D eigenvalue weighted by molar-refractivity contribution is -0.117. The number of nitrogens with one attached hydrogen (secondary N) is 1. The number of carbonyl (C=O) groups is 1. The van der Waals surface area contributed by atoms with Gasteiger partial charge in [0, 0.05) is 16.6 Å². The van der Waals surface area contributed by atoms with Gasteiger partial charge in [-0.1, -0.05) is 43.1 Å². The quantitative estimate of drug-likeness (QED) is 0.858. The van der Waals surface area contributed by atoms with Crippen LogP contribution in [0.5, 0.6) is 0 Å². The average Bonchev–Trinajstić information content (AvgIpc) is 2.31. The maximum absolute atomic E-state index is 11.8. The SMILES string of the molecule is CCc1cc(Br)ccc1NC(=O)CC(C)CC. The van der Waals surface area contributed by atoms with E-state index in [4.69, 9.17) is 0 Å². The Morgan fingerprint density at radius 2 is 2.12 bits per heavy atom. The molecule has 2 nitrogen and oxygen atoms in total. The first-order chi connectivity index (χ1) is 8.06. The molecule has 1 unspecified atom stereocenters. The van der Waals surface area contributed by atoms with E-state index in [1.165, 1.54) is 0 Å². The monoisotopic (exact) mass is 297 g/mol. The van der Waals surface area contributed by atoms with E-state index in [1.54, 1.807) is 0 Å². The summed E-state index contributed by atoms with van der Waals surface area (Å²) in [6.07, 6.45) is 2.54. The Hall–Kier alpha value is -0.830. The molecule has 0 heterocycles. The highest BCUT2D eigenvalue weighted by Gasteiger charge is 2.09. The number of anilines is 1. The fourth-order valence-corrected chi connectivity index (χ4v) is 2.05. The highest BCUT2D eigenvalue weighted by Crippen LogP contribution is 2.22. The molecule has 0 aliphatic heterocycles. The molecular formula is C14H20BrNO.